The van der Waals surface area contributed by atoms with Crippen LogP contribution in [0.5, 0.6) is 5.75 Å². The average Bonchev–Trinajstić information content (AvgIpc) is 3.22. The highest BCUT2D eigenvalue weighted by atomic mass is 16.8. The number of anilines is 1. The fourth-order valence-corrected chi connectivity index (χ4v) is 2.58. The summed E-state index contributed by atoms with van der Waals surface area (Å²) in [5, 5.41) is 48.6. The maximum absolute atomic E-state index is 12.3. The Morgan fingerprint density at radius 2 is 2.10 bits per heavy atom. The van der Waals surface area contributed by atoms with E-state index in [0.717, 1.165) is 17.8 Å². The fraction of sp³-hybridized carbons (Fsp3) is 0.0556. The number of nitrogens with one attached hydrogen (secondary N) is 1. The lowest BCUT2D eigenvalue weighted by atomic mass is 10.1. The molecule has 3 aromatic rings. The largest absolute Gasteiger partial charge is 0.867 e. The van der Waals surface area contributed by atoms with Gasteiger partial charge in [0.1, 0.15) is 5.69 Å². The maximum atomic E-state index is 12.3. The van der Waals surface area contributed by atoms with Gasteiger partial charge in [0.15, 0.2) is 0 Å². The first-order valence-electron chi connectivity index (χ1n) is 8.42. The SMILES string of the molecule is O=C(N/N=C/c1cc(N(O)O)cc([N+](=O)[O-])c1[O-])c1cccc(Cn2cccn2)c1. The number of carbonyl (C=O) groups is 1. The maximum Gasteiger partial charge on any atom is 0.271 e. The molecule has 0 aliphatic carbocycles. The summed E-state index contributed by atoms with van der Waals surface area (Å²) in [5.74, 6) is -1.57. The Bertz CT molecular complexity index is 1100. The molecule has 0 radical (unpaired) electrons. The number of benzene rings is 2. The molecule has 154 valence electrons. The molecular weight excluding hydrogens is 396 g/mol. The van der Waals surface area contributed by atoms with Crippen LogP contribution < -0.4 is 15.8 Å². The molecule has 12 nitrogen and oxygen atoms in total. The van der Waals surface area contributed by atoms with Gasteiger partial charge < -0.3 is 5.11 Å². The second-order valence-electron chi connectivity index (χ2n) is 6.03. The Morgan fingerprint density at radius 1 is 1.30 bits per heavy atom. The fourth-order valence-electron chi connectivity index (χ4n) is 2.58. The van der Waals surface area contributed by atoms with Gasteiger partial charge in [0, 0.05) is 24.0 Å². The van der Waals surface area contributed by atoms with Crippen molar-refractivity contribution in [3.05, 3.63) is 81.7 Å². The third-order valence-corrected chi connectivity index (χ3v) is 3.97. The van der Waals surface area contributed by atoms with Crippen LogP contribution in [0.15, 0.2) is 60.0 Å². The standard InChI is InChI=1S/C18H16N6O6/c25-17-14(8-15(23(27)28)9-16(17)24(29)30)10-19-21-18(26)13-4-1-3-12(7-13)11-22-6-2-5-20-22/h1-10,25,27-28H,11H2,(H,21,26)/p-1/b19-10+. The van der Waals surface area contributed by atoms with Crippen LogP contribution in [0.2, 0.25) is 0 Å². The molecule has 12 heteroatoms. The summed E-state index contributed by atoms with van der Waals surface area (Å²) < 4.78 is 1.69. The summed E-state index contributed by atoms with van der Waals surface area (Å²) in [7, 11) is 0. The van der Waals surface area contributed by atoms with E-state index in [4.69, 9.17) is 10.4 Å². The Hall–Kier alpha value is -4.29. The van der Waals surface area contributed by atoms with Gasteiger partial charge in [-0.1, -0.05) is 12.1 Å². The van der Waals surface area contributed by atoms with Crippen molar-refractivity contribution < 1.29 is 25.2 Å². The van der Waals surface area contributed by atoms with Crippen molar-refractivity contribution in [3.8, 4) is 5.75 Å². The van der Waals surface area contributed by atoms with Gasteiger partial charge in [-0.05, 0) is 41.1 Å². The minimum atomic E-state index is -0.996. The molecule has 0 fully saturated rings. The van der Waals surface area contributed by atoms with E-state index in [2.05, 4.69) is 15.6 Å². The minimum absolute atomic E-state index is 0.302. The summed E-state index contributed by atoms with van der Waals surface area (Å²) >= 11 is 0. The molecule has 1 amide bonds. The van der Waals surface area contributed by atoms with Gasteiger partial charge in [-0.15, -0.1) is 5.23 Å². The number of amides is 1. The third-order valence-electron chi connectivity index (χ3n) is 3.97. The molecule has 0 saturated heterocycles. The zero-order chi connectivity index (χ0) is 21.7. The number of rotatable bonds is 7. The highest BCUT2D eigenvalue weighted by Gasteiger charge is 2.14. The first kappa shape index (κ1) is 20.4. The summed E-state index contributed by atoms with van der Waals surface area (Å²) in [4.78, 5) is 22.3. The second-order valence-corrected chi connectivity index (χ2v) is 6.03. The Morgan fingerprint density at radius 3 is 2.77 bits per heavy atom. The van der Waals surface area contributed by atoms with Crippen LogP contribution in [0.1, 0.15) is 21.5 Å². The quantitative estimate of drug-likeness (QED) is 0.296. The van der Waals surface area contributed by atoms with E-state index >= 15 is 0 Å². The molecule has 3 N–H and O–H groups in total. The number of aromatic nitrogens is 2. The topological polar surface area (TPSA) is 169 Å². The molecule has 0 aliphatic heterocycles. The number of hydrogen-bond donors (Lipinski definition) is 3. The second kappa shape index (κ2) is 8.81. The average molecular weight is 411 g/mol. The highest BCUT2D eigenvalue weighted by Crippen LogP contribution is 2.31. The Balaban J connectivity index is 1.75. The predicted octanol–water partition coefficient (Wildman–Crippen LogP) is 1.26. The lowest BCUT2D eigenvalue weighted by Crippen LogP contribution is -2.18. The Kier molecular flexibility index (Phi) is 6.00. The van der Waals surface area contributed by atoms with Crippen LogP contribution >= 0.6 is 0 Å². The van der Waals surface area contributed by atoms with Gasteiger partial charge in [0.05, 0.1) is 17.7 Å². The van der Waals surface area contributed by atoms with Crippen molar-refractivity contribution in [3.63, 3.8) is 0 Å². The monoisotopic (exact) mass is 411 g/mol. The smallest absolute Gasteiger partial charge is 0.271 e. The van der Waals surface area contributed by atoms with Crippen LogP contribution in [0.25, 0.3) is 0 Å². The van der Waals surface area contributed by atoms with Gasteiger partial charge in [0.25, 0.3) is 11.6 Å². The van der Waals surface area contributed by atoms with Crippen LogP contribution in [-0.4, -0.2) is 37.2 Å². The summed E-state index contributed by atoms with van der Waals surface area (Å²) in [6, 6.07) is 10.2. The first-order valence-corrected chi connectivity index (χ1v) is 8.42. The van der Waals surface area contributed by atoms with Gasteiger partial charge in [-0.3, -0.25) is 30.0 Å². The molecule has 1 aromatic heterocycles. The summed E-state index contributed by atoms with van der Waals surface area (Å²) in [6.45, 7) is 0.464. The van der Waals surface area contributed by atoms with Crippen molar-refractivity contribution >= 4 is 23.5 Å². The molecule has 0 saturated carbocycles. The number of nitrogens with zero attached hydrogens (tertiary/aromatic N) is 5. The van der Waals surface area contributed by atoms with E-state index in [-0.39, 0.29) is 10.8 Å². The normalized spacial score (nSPS) is 10.9. The van der Waals surface area contributed by atoms with Crippen molar-refractivity contribution in [1.29, 1.82) is 0 Å². The number of hydrazone groups is 1. The van der Waals surface area contributed by atoms with Crippen LogP contribution in [0.3, 0.4) is 0 Å². The molecule has 0 spiro atoms. The first-order chi connectivity index (χ1) is 14.3. The zero-order valence-corrected chi connectivity index (χ0v) is 15.2. The van der Waals surface area contributed by atoms with Crippen LogP contribution in [0, 0.1) is 10.1 Å². The molecule has 30 heavy (non-hydrogen) atoms. The number of nitro groups is 1. The molecule has 0 aliphatic rings. The zero-order valence-electron chi connectivity index (χ0n) is 15.2. The van der Waals surface area contributed by atoms with Gasteiger partial charge in [-0.2, -0.15) is 10.2 Å². The van der Waals surface area contributed by atoms with Crippen molar-refractivity contribution in [2.75, 3.05) is 5.23 Å². The van der Waals surface area contributed by atoms with Gasteiger partial charge in [-0.25, -0.2) is 5.43 Å². The number of nitro benzene ring substituents is 1. The molecule has 2 aromatic carbocycles. The van der Waals surface area contributed by atoms with E-state index in [9.17, 15) is 20.0 Å². The molecular formula is C18H15N6O6-. The minimum Gasteiger partial charge on any atom is -0.867 e. The van der Waals surface area contributed by atoms with Crippen molar-refractivity contribution in [2.24, 2.45) is 5.10 Å². The van der Waals surface area contributed by atoms with E-state index in [1.165, 1.54) is 0 Å². The van der Waals surface area contributed by atoms with Crippen LogP contribution in [0.4, 0.5) is 11.4 Å². The van der Waals surface area contributed by atoms with Crippen LogP contribution in [-0.2, 0) is 6.54 Å². The van der Waals surface area contributed by atoms with E-state index in [1.807, 2.05) is 6.07 Å². The predicted molar refractivity (Wildman–Crippen MR) is 101 cm³/mol. The van der Waals surface area contributed by atoms with Crippen molar-refractivity contribution in [2.45, 2.75) is 6.54 Å². The number of hydrogen-bond acceptors (Lipinski definition) is 9. The molecule has 0 atom stereocenters. The number of carbonyl (C=O) groups excluding carboxylic acids is 1. The molecule has 1 heterocycles. The highest BCUT2D eigenvalue weighted by molar-refractivity contribution is 5.95. The lowest BCUT2D eigenvalue weighted by Gasteiger charge is -2.14. The van der Waals surface area contributed by atoms with E-state index < -0.39 is 28.0 Å². The van der Waals surface area contributed by atoms with Gasteiger partial charge in [0.2, 0.25) is 0 Å². The third kappa shape index (κ3) is 4.76. The molecule has 0 unspecified atom stereocenters. The molecule has 3 rings (SSSR count). The lowest BCUT2D eigenvalue weighted by molar-refractivity contribution is -0.398. The van der Waals surface area contributed by atoms with E-state index in [0.29, 0.717) is 18.2 Å². The summed E-state index contributed by atoms with van der Waals surface area (Å²) in [5.41, 5.74) is 1.73. The van der Waals surface area contributed by atoms with Crippen molar-refractivity contribution in [1.82, 2.24) is 15.2 Å². The van der Waals surface area contributed by atoms with E-state index in [1.54, 1.807) is 41.3 Å². The van der Waals surface area contributed by atoms with Gasteiger partial charge >= 0.3 is 0 Å². The summed E-state index contributed by atoms with van der Waals surface area (Å²) in [6.07, 6.45) is 4.31. The molecule has 0 bridgehead atoms. The Labute approximate surface area is 169 Å².